The van der Waals surface area contributed by atoms with E-state index in [0.29, 0.717) is 6.61 Å². The molecule has 3 atom stereocenters. The van der Waals surface area contributed by atoms with Crippen LogP contribution in [0.2, 0.25) is 0 Å². The molecular formula is C14H27ClO4S. The Balaban J connectivity index is 2.54. The lowest BCUT2D eigenvalue weighted by Crippen LogP contribution is -2.34. The maximum atomic E-state index is 11.3. The van der Waals surface area contributed by atoms with Crippen molar-refractivity contribution < 1.29 is 17.9 Å². The molecule has 6 heteroatoms. The van der Waals surface area contributed by atoms with Gasteiger partial charge in [0.2, 0.25) is 9.05 Å². The Morgan fingerprint density at radius 3 is 2.35 bits per heavy atom. The maximum absolute atomic E-state index is 11.3. The van der Waals surface area contributed by atoms with Gasteiger partial charge in [-0.2, -0.15) is 0 Å². The average Bonchev–Trinajstić information content (AvgIpc) is 2.32. The third kappa shape index (κ3) is 6.74. The fourth-order valence-corrected chi connectivity index (χ4v) is 4.04. The van der Waals surface area contributed by atoms with Crippen LogP contribution in [0, 0.1) is 11.3 Å². The summed E-state index contributed by atoms with van der Waals surface area (Å²) in [6.45, 7) is 6.47. The van der Waals surface area contributed by atoms with Crippen LogP contribution in [-0.4, -0.2) is 40.1 Å². The molecule has 0 aromatic carbocycles. The minimum absolute atomic E-state index is 0.0432. The van der Waals surface area contributed by atoms with E-state index < -0.39 is 9.05 Å². The summed E-state index contributed by atoms with van der Waals surface area (Å²) in [5.74, 6) is -0.147. The SMILES string of the molecule is COC1CCCC(OCC(CS(=O)(=O)Cl)C(C)(C)C)C1. The Kier molecular flexibility index (Phi) is 6.77. The van der Waals surface area contributed by atoms with Crippen molar-refractivity contribution in [3.05, 3.63) is 0 Å². The van der Waals surface area contributed by atoms with Gasteiger partial charge in [-0.25, -0.2) is 8.42 Å². The van der Waals surface area contributed by atoms with Gasteiger partial charge in [0.05, 0.1) is 24.6 Å². The third-order valence-electron chi connectivity index (χ3n) is 4.07. The lowest BCUT2D eigenvalue weighted by Gasteiger charge is -2.33. The number of methoxy groups -OCH3 is 1. The molecule has 3 unspecified atom stereocenters. The molecule has 120 valence electrons. The number of ether oxygens (including phenoxy) is 2. The number of rotatable bonds is 6. The van der Waals surface area contributed by atoms with Gasteiger partial charge in [0.15, 0.2) is 0 Å². The van der Waals surface area contributed by atoms with Crippen molar-refractivity contribution in [2.45, 2.75) is 58.7 Å². The second-order valence-corrected chi connectivity index (χ2v) is 9.57. The first-order chi connectivity index (χ1) is 9.12. The summed E-state index contributed by atoms with van der Waals surface area (Å²) in [6.07, 6.45) is 4.51. The Hall–Kier alpha value is 0.160. The summed E-state index contributed by atoms with van der Waals surface area (Å²) in [5.41, 5.74) is -0.155. The van der Waals surface area contributed by atoms with Crippen molar-refractivity contribution in [1.29, 1.82) is 0 Å². The van der Waals surface area contributed by atoms with E-state index in [-0.39, 0.29) is 29.3 Å². The minimum Gasteiger partial charge on any atom is -0.381 e. The fraction of sp³-hybridized carbons (Fsp3) is 1.00. The molecule has 0 aliphatic heterocycles. The zero-order valence-corrected chi connectivity index (χ0v) is 14.5. The van der Waals surface area contributed by atoms with Crippen LogP contribution >= 0.6 is 10.7 Å². The molecular weight excluding hydrogens is 300 g/mol. The molecule has 0 spiro atoms. The highest BCUT2D eigenvalue weighted by Crippen LogP contribution is 2.30. The van der Waals surface area contributed by atoms with Crippen molar-refractivity contribution in [2.75, 3.05) is 19.5 Å². The highest BCUT2D eigenvalue weighted by Gasteiger charge is 2.31. The first-order valence-corrected chi connectivity index (χ1v) is 9.66. The lowest BCUT2D eigenvalue weighted by molar-refractivity contribution is -0.0483. The second kappa shape index (κ2) is 7.43. The van der Waals surface area contributed by atoms with E-state index in [4.69, 9.17) is 20.2 Å². The van der Waals surface area contributed by atoms with Gasteiger partial charge in [-0.3, -0.25) is 0 Å². The van der Waals surface area contributed by atoms with Crippen molar-refractivity contribution in [1.82, 2.24) is 0 Å². The van der Waals surface area contributed by atoms with Crippen LogP contribution in [0.1, 0.15) is 46.5 Å². The molecule has 0 radical (unpaired) electrons. The van der Waals surface area contributed by atoms with Gasteiger partial charge in [0, 0.05) is 23.7 Å². The molecule has 1 saturated carbocycles. The van der Waals surface area contributed by atoms with E-state index in [1.807, 2.05) is 20.8 Å². The van der Waals surface area contributed by atoms with Crippen LogP contribution in [0.25, 0.3) is 0 Å². The van der Waals surface area contributed by atoms with Crippen LogP contribution in [0.15, 0.2) is 0 Å². The summed E-state index contributed by atoms with van der Waals surface area (Å²) in [4.78, 5) is 0. The Morgan fingerprint density at radius 2 is 1.85 bits per heavy atom. The highest BCUT2D eigenvalue weighted by atomic mass is 35.7. The number of halogens is 1. The third-order valence-corrected chi connectivity index (χ3v) is 5.25. The van der Waals surface area contributed by atoms with Crippen LogP contribution < -0.4 is 0 Å². The topological polar surface area (TPSA) is 52.6 Å². The largest absolute Gasteiger partial charge is 0.381 e. The van der Waals surface area contributed by atoms with E-state index in [1.165, 1.54) is 0 Å². The van der Waals surface area contributed by atoms with Crippen LogP contribution in [0.5, 0.6) is 0 Å². The molecule has 20 heavy (non-hydrogen) atoms. The van der Waals surface area contributed by atoms with Crippen LogP contribution in [0.3, 0.4) is 0 Å². The summed E-state index contributed by atoms with van der Waals surface area (Å²) < 4.78 is 34.0. The first kappa shape index (κ1) is 18.2. The first-order valence-electron chi connectivity index (χ1n) is 7.18. The summed E-state index contributed by atoms with van der Waals surface area (Å²) in [5, 5.41) is 0. The standard InChI is InChI=1S/C14H27ClO4S/c1-14(2,3)11(10-20(15,16)17)9-19-13-7-5-6-12(8-13)18-4/h11-13H,5-10H2,1-4H3. The average molecular weight is 327 g/mol. The molecule has 4 nitrogen and oxygen atoms in total. The molecule has 1 fully saturated rings. The van der Waals surface area contributed by atoms with Gasteiger partial charge in [-0.05, 0) is 31.1 Å². The highest BCUT2D eigenvalue weighted by molar-refractivity contribution is 8.13. The molecule has 1 aliphatic carbocycles. The van der Waals surface area contributed by atoms with Gasteiger partial charge < -0.3 is 9.47 Å². The molecule has 0 heterocycles. The normalized spacial score (nSPS) is 26.4. The summed E-state index contributed by atoms with van der Waals surface area (Å²) >= 11 is 0. The fourth-order valence-electron chi connectivity index (χ4n) is 2.51. The Bertz CT molecular complexity index is 388. The Morgan fingerprint density at radius 1 is 1.25 bits per heavy atom. The zero-order valence-electron chi connectivity index (χ0n) is 12.9. The van der Waals surface area contributed by atoms with Crippen LogP contribution in [-0.2, 0) is 18.5 Å². The van der Waals surface area contributed by atoms with E-state index in [1.54, 1.807) is 7.11 Å². The molecule has 1 aliphatic rings. The van der Waals surface area contributed by atoms with Crippen LogP contribution in [0.4, 0.5) is 0 Å². The van der Waals surface area contributed by atoms with E-state index in [9.17, 15) is 8.42 Å². The van der Waals surface area contributed by atoms with Gasteiger partial charge in [-0.15, -0.1) is 0 Å². The number of hydrogen-bond donors (Lipinski definition) is 0. The monoisotopic (exact) mass is 326 g/mol. The van der Waals surface area contributed by atoms with Crippen molar-refractivity contribution >= 4 is 19.7 Å². The second-order valence-electron chi connectivity index (χ2n) is 6.75. The lowest BCUT2D eigenvalue weighted by atomic mass is 9.82. The number of hydrogen-bond acceptors (Lipinski definition) is 4. The predicted octanol–water partition coefficient (Wildman–Crippen LogP) is 3.19. The summed E-state index contributed by atoms with van der Waals surface area (Å²) in [6, 6.07) is 0. The van der Waals surface area contributed by atoms with E-state index in [0.717, 1.165) is 25.7 Å². The van der Waals surface area contributed by atoms with Crippen molar-refractivity contribution in [2.24, 2.45) is 11.3 Å². The van der Waals surface area contributed by atoms with Crippen molar-refractivity contribution in [3.63, 3.8) is 0 Å². The Labute approximate surface area is 127 Å². The van der Waals surface area contributed by atoms with Gasteiger partial charge in [0.25, 0.3) is 0 Å². The van der Waals surface area contributed by atoms with Gasteiger partial charge in [-0.1, -0.05) is 20.8 Å². The quantitative estimate of drug-likeness (QED) is 0.703. The molecule has 0 aromatic heterocycles. The molecule has 0 N–H and O–H groups in total. The van der Waals surface area contributed by atoms with Gasteiger partial charge in [0.1, 0.15) is 0 Å². The van der Waals surface area contributed by atoms with E-state index >= 15 is 0 Å². The van der Waals surface area contributed by atoms with Gasteiger partial charge >= 0.3 is 0 Å². The minimum atomic E-state index is -3.51. The molecule has 0 bridgehead atoms. The smallest absolute Gasteiger partial charge is 0.232 e. The van der Waals surface area contributed by atoms with Crippen molar-refractivity contribution in [3.8, 4) is 0 Å². The maximum Gasteiger partial charge on any atom is 0.232 e. The molecule has 1 rings (SSSR count). The molecule has 0 aromatic rings. The molecule has 0 saturated heterocycles. The summed E-state index contributed by atoms with van der Waals surface area (Å²) in [7, 11) is 3.62. The zero-order chi connectivity index (χ0) is 15.4. The predicted molar refractivity (Wildman–Crippen MR) is 81.6 cm³/mol. The van der Waals surface area contributed by atoms with E-state index in [2.05, 4.69) is 0 Å². The molecule has 0 amide bonds.